The lowest BCUT2D eigenvalue weighted by Gasteiger charge is -2.32. The van der Waals surface area contributed by atoms with Crippen molar-refractivity contribution in [2.75, 3.05) is 18.8 Å². The molecule has 1 amide bonds. The fraction of sp³-hybridized carbons (Fsp3) is 0.579. The molecule has 1 aromatic rings. The Hall–Kier alpha value is -1.89. The highest BCUT2D eigenvalue weighted by molar-refractivity contribution is 7.91. The van der Waals surface area contributed by atoms with Crippen molar-refractivity contribution in [2.24, 2.45) is 5.92 Å². The van der Waals surface area contributed by atoms with E-state index < -0.39 is 15.8 Å². The summed E-state index contributed by atoms with van der Waals surface area (Å²) >= 11 is 0. The van der Waals surface area contributed by atoms with Crippen molar-refractivity contribution < 1.29 is 23.1 Å². The fourth-order valence-electron chi connectivity index (χ4n) is 3.25. The van der Waals surface area contributed by atoms with E-state index in [-0.39, 0.29) is 28.9 Å². The molecule has 1 heterocycles. The van der Waals surface area contributed by atoms with Crippen molar-refractivity contribution in [1.82, 2.24) is 4.90 Å². The Kier molecular flexibility index (Phi) is 7.20. The predicted molar refractivity (Wildman–Crippen MR) is 98.9 cm³/mol. The molecule has 0 aliphatic carbocycles. The van der Waals surface area contributed by atoms with Gasteiger partial charge in [0, 0.05) is 25.1 Å². The number of rotatable bonds is 8. The Morgan fingerprint density at radius 2 is 1.92 bits per heavy atom. The van der Waals surface area contributed by atoms with Gasteiger partial charge >= 0.3 is 5.97 Å². The van der Waals surface area contributed by atoms with Crippen LogP contribution in [0.5, 0.6) is 0 Å². The standard InChI is InChI=1S/C19H27NO5S/c1-2-3-13-26(24,25)17-9-7-16(8-10-17)19(23)20-12-4-5-15(14-20)6-11-18(21)22/h7-10,15H,2-6,11-14H2,1H3,(H,21,22). The summed E-state index contributed by atoms with van der Waals surface area (Å²) in [5, 5.41) is 8.81. The number of aliphatic carboxylic acids is 1. The van der Waals surface area contributed by atoms with Crippen molar-refractivity contribution in [3.8, 4) is 0 Å². The first-order valence-electron chi connectivity index (χ1n) is 9.17. The van der Waals surface area contributed by atoms with E-state index in [2.05, 4.69) is 0 Å². The van der Waals surface area contributed by atoms with Gasteiger partial charge in [-0.3, -0.25) is 9.59 Å². The van der Waals surface area contributed by atoms with Crippen LogP contribution in [0.1, 0.15) is 55.8 Å². The van der Waals surface area contributed by atoms with E-state index in [1.54, 1.807) is 17.0 Å². The van der Waals surface area contributed by atoms with E-state index in [1.807, 2.05) is 6.92 Å². The largest absolute Gasteiger partial charge is 0.481 e. The molecule has 1 aromatic carbocycles. The van der Waals surface area contributed by atoms with Crippen LogP contribution in [-0.2, 0) is 14.6 Å². The predicted octanol–water partition coefficient (Wildman–Crippen LogP) is 2.98. The topological polar surface area (TPSA) is 91.8 Å². The van der Waals surface area contributed by atoms with Gasteiger partial charge in [-0.2, -0.15) is 0 Å². The van der Waals surface area contributed by atoms with Crippen molar-refractivity contribution in [1.29, 1.82) is 0 Å². The fourth-order valence-corrected chi connectivity index (χ4v) is 4.71. The zero-order valence-electron chi connectivity index (χ0n) is 15.2. The van der Waals surface area contributed by atoms with Gasteiger partial charge in [-0.25, -0.2) is 8.42 Å². The van der Waals surface area contributed by atoms with Gasteiger partial charge < -0.3 is 10.0 Å². The Labute approximate surface area is 155 Å². The number of unbranched alkanes of at least 4 members (excludes halogenated alkanes) is 1. The van der Waals surface area contributed by atoms with Gasteiger partial charge in [0.1, 0.15) is 0 Å². The summed E-state index contributed by atoms with van der Waals surface area (Å²) < 4.78 is 24.4. The first-order valence-corrected chi connectivity index (χ1v) is 10.8. The highest BCUT2D eigenvalue weighted by atomic mass is 32.2. The van der Waals surface area contributed by atoms with Gasteiger partial charge in [-0.15, -0.1) is 0 Å². The second-order valence-corrected chi connectivity index (χ2v) is 9.00. The summed E-state index contributed by atoms with van der Waals surface area (Å²) in [7, 11) is -3.29. The number of nitrogens with zero attached hydrogens (tertiary/aromatic N) is 1. The molecule has 26 heavy (non-hydrogen) atoms. The average Bonchev–Trinajstić information content (AvgIpc) is 2.64. The van der Waals surface area contributed by atoms with Gasteiger partial charge in [-0.1, -0.05) is 13.3 Å². The van der Waals surface area contributed by atoms with Crippen molar-refractivity contribution >= 4 is 21.7 Å². The number of likely N-dealkylation sites (tertiary alicyclic amines) is 1. The van der Waals surface area contributed by atoms with Crippen LogP contribution in [-0.4, -0.2) is 49.1 Å². The monoisotopic (exact) mass is 381 g/mol. The highest BCUT2D eigenvalue weighted by Gasteiger charge is 2.25. The lowest BCUT2D eigenvalue weighted by atomic mass is 9.93. The van der Waals surface area contributed by atoms with Gasteiger partial charge in [0.15, 0.2) is 9.84 Å². The van der Waals surface area contributed by atoms with Crippen LogP contribution in [0.25, 0.3) is 0 Å². The third-order valence-corrected chi connectivity index (χ3v) is 6.62. The number of carboxylic acid groups (broad SMARTS) is 1. The number of piperidine rings is 1. The minimum atomic E-state index is -3.29. The molecule has 0 aromatic heterocycles. The number of benzene rings is 1. The second-order valence-electron chi connectivity index (χ2n) is 6.89. The summed E-state index contributed by atoms with van der Waals surface area (Å²) in [6.45, 7) is 3.15. The SMILES string of the molecule is CCCCS(=O)(=O)c1ccc(C(=O)N2CCCC(CCC(=O)O)C2)cc1. The van der Waals surface area contributed by atoms with Crippen LogP contribution in [0.15, 0.2) is 29.2 Å². The zero-order chi connectivity index (χ0) is 19.2. The summed E-state index contributed by atoms with van der Waals surface area (Å²) in [6.07, 6.45) is 3.93. The minimum Gasteiger partial charge on any atom is -0.481 e. The van der Waals surface area contributed by atoms with E-state index in [1.165, 1.54) is 12.1 Å². The number of amides is 1. The Morgan fingerprint density at radius 3 is 2.54 bits per heavy atom. The molecule has 6 nitrogen and oxygen atoms in total. The van der Waals surface area contributed by atoms with Gasteiger partial charge in [0.25, 0.3) is 5.91 Å². The van der Waals surface area contributed by atoms with Crippen molar-refractivity contribution in [2.45, 2.75) is 50.3 Å². The molecule has 144 valence electrons. The molecule has 1 aliphatic rings. The summed E-state index contributed by atoms with van der Waals surface area (Å²) in [6, 6.07) is 6.15. The molecule has 1 fully saturated rings. The molecule has 0 bridgehead atoms. The maximum absolute atomic E-state index is 12.7. The van der Waals surface area contributed by atoms with Crippen LogP contribution in [0.2, 0.25) is 0 Å². The molecule has 2 rings (SSSR count). The summed E-state index contributed by atoms with van der Waals surface area (Å²) in [4.78, 5) is 25.4. The third kappa shape index (κ3) is 5.56. The van der Waals surface area contributed by atoms with E-state index >= 15 is 0 Å². The first kappa shape index (κ1) is 20.4. The molecule has 0 saturated carbocycles. The van der Waals surface area contributed by atoms with Gasteiger partial charge in [0.2, 0.25) is 0 Å². The first-order chi connectivity index (χ1) is 12.3. The van der Waals surface area contributed by atoms with E-state index in [9.17, 15) is 18.0 Å². The van der Waals surface area contributed by atoms with E-state index in [0.29, 0.717) is 31.5 Å². The van der Waals surface area contributed by atoms with Gasteiger partial charge in [-0.05, 0) is 55.9 Å². The Bertz CT molecular complexity index is 727. The van der Waals surface area contributed by atoms with Crippen molar-refractivity contribution in [3.05, 3.63) is 29.8 Å². The molecular weight excluding hydrogens is 354 g/mol. The van der Waals surface area contributed by atoms with Crippen LogP contribution >= 0.6 is 0 Å². The molecule has 7 heteroatoms. The van der Waals surface area contributed by atoms with Crippen LogP contribution in [0.3, 0.4) is 0 Å². The molecule has 1 unspecified atom stereocenters. The third-order valence-electron chi connectivity index (χ3n) is 4.80. The van der Waals surface area contributed by atoms with E-state index in [4.69, 9.17) is 5.11 Å². The summed E-state index contributed by atoms with van der Waals surface area (Å²) in [5.74, 6) is -0.609. The molecule has 1 saturated heterocycles. The smallest absolute Gasteiger partial charge is 0.303 e. The summed E-state index contributed by atoms with van der Waals surface area (Å²) in [5.41, 5.74) is 0.471. The lowest BCUT2D eigenvalue weighted by molar-refractivity contribution is -0.137. The number of carbonyl (C=O) groups is 2. The molecule has 0 spiro atoms. The molecule has 1 N–H and O–H groups in total. The number of carbonyl (C=O) groups excluding carboxylic acids is 1. The number of carboxylic acids is 1. The quantitative estimate of drug-likeness (QED) is 0.747. The average molecular weight is 381 g/mol. The number of sulfone groups is 1. The van der Waals surface area contributed by atoms with Crippen LogP contribution in [0, 0.1) is 5.92 Å². The second kappa shape index (κ2) is 9.16. The maximum atomic E-state index is 12.7. The molecular formula is C19H27NO5S. The lowest BCUT2D eigenvalue weighted by Crippen LogP contribution is -2.40. The number of hydrogen-bond acceptors (Lipinski definition) is 4. The zero-order valence-corrected chi connectivity index (χ0v) is 16.0. The Balaban J connectivity index is 2.02. The van der Waals surface area contributed by atoms with E-state index in [0.717, 1.165) is 19.3 Å². The maximum Gasteiger partial charge on any atom is 0.303 e. The molecule has 1 aliphatic heterocycles. The normalized spacial score (nSPS) is 17.9. The minimum absolute atomic E-state index is 0.119. The van der Waals surface area contributed by atoms with Crippen LogP contribution in [0.4, 0.5) is 0 Å². The van der Waals surface area contributed by atoms with Crippen molar-refractivity contribution in [3.63, 3.8) is 0 Å². The Morgan fingerprint density at radius 1 is 1.23 bits per heavy atom. The van der Waals surface area contributed by atoms with Crippen LogP contribution < -0.4 is 0 Å². The molecule has 0 radical (unpaired) electrons. The highest BCUT2D eigenvalue weighted by Crippen LogP contribution is 2.23. The van der Waals surface area contributed by atoms with Gasteiger partial charge in [0.05, 0.1) is 10.6 Å². The number of hydrogen-bond donors (Lipinski definition) is 1. The molecule has 1 atom stereocenters.